The monoisotopic (exact) mass is 534 g/mol. The number of ketones is 1. The van der Waals surface area contributed by atoms with E-state index in [1.807, 2.05) is 35.2 Å². The van der Waals surface area contributed by atoms with Crippen LogP contribution < -0.4 is 5.73 Å². The van der Waals surface area contributed by atoms with E-state index in [0.717, 1.165) is 35.4 Å². The highest BCUT2D eigenvalue weighted by Gasteiger charge is 2.45. The molecular weight excluding hydrogens is 508 g/mol. The minimum Gasteiger partial charge on any atom is -0.383 e. The van der Waals surface area contributed by atoms with Crippen molar-refractivity contribution in [3.63, 3.8) is 0 Å². The van der Waals surface area contributed by atoms with E-state index in [4.69, 9.17) is 10.7 Å². The van der Waals surface area contributed by atoms with E-state index >= 15 is 0 Å². The molecule has 0 spiro atoms. The van der Waals surface area contributed by atoms with E-state index in [-0.39, 0.29) is 41.3 Å². The molecule has 2 fully saturated rings. The van der Waals surface area contributed by atoms with Crippen LogP contribution in [0.4, 0.5) is 5.82 Å². The van der Waals surface area contributed by atoms with Gasteiger partial charge >= 0.3 is 0 Å². The number of amides is 1. The molecule has 2 aliphatic rings. The molecule has 12 heteroatoms. The number of nitrogens with one attached hydrogen (secondary N) is 1. The molecule has 0 saturated carbocycles. The third-order valence-electron chi connectivity index (χ3n) is 8.04. The van der Waals surface area contributed by atoms with E-state index in [1.165, 1.54) is 17.8 Å². The average Bonchev–Trinajstić information content (AvgIpc) is 3.71. The van der Waals surface area contributed by atoms with Crippen molar-refractivity contribution in [3.05, 3.63) is 72.3 Å². The van der Waals surface area contributed by atoms with Crippen LogP contribution in [0, 0.1) is 0 Å². The molecule has 0 unspecified atom stereocenters. The molecule has 7 heterocycles. The highest BCUT2D eigenvalue weighted by molar-refractivity contribution is 6.00. The van der Waals surface area contributed by atoms with E-state index in [1.54, 1.807) is 18.6 Å². The molecule has 3 N–H and O–H groups in total. The van der Waals surface area contributed by atoms with Crippen molar-refractivity contribution in [2.24, 2.45) is 0 Å². The Morgan fingerprint density at radius 3 is 2.48 bits per heavy atom. The second-order valence-electron chi connectivity index (χ2n) is 10.4. The summed E-state index contributed by atoms with van der Waals surface area (Å²) >= 11 is 0. The van der Waals surface area contributed by atoms with Crippen LogP contribution in [0.25, 0.3) is 28.2 Å². The average molecular weight is 535 g/mol. The maximum Gasteiger partial charge on any atom is 0.292 e. The van der Waals surface area contributed by atoms with Crippen molar-refractivity contribution < 1.29 is 9.59 Å². The minimum atomic E-state index is -0.159. The lowest BCUT2D eigenvalue weighted by Crippen LogP contribution is -2.46. The lowest BCUT2D eigenvalue weighted by Gasteiger charge is -2.38. The number of nitrogens with two attached hydrogens (primary N) is 1. The number of hydrogen-bond acceptors (Lipinski definition) is 9. The van der Waals surface area contributed by atoms with Crippen LogP contribution in [0.15, 0.2) is 55.2 Å². The van der Waals surface area contributed by atoms with Gasteiger partial charge in [-0.15, -0.1) is 10.2 Å². The first-order valence-corrected chi connectivity index (χ1v) is 13.2. The number of H-pyrrole nitrogens is 1. The highest BCUT2D eigenvalue weighted by atomic mass is 16.2. The largest absolute Gasteiger partial charge is 0.383 e. The summed E-state index contributed by atoms with van der Waals surface area (Å²) in [5, 5.41) is 12.2. The van der Waals surface area contributed by atoms with Crippen molar-refractivity contribution in [1.29, 1.82) is 0 Å². The fourth-order valence-electron chi connectivity index (χ4n) is 6.28. The first kappa shape index (κ1) is 24.1. The predicted octanol–water partition coefficient (Wildman–Crippen LogP) is 3.31. The summed E-state index contributed by atoms with van der Waals surface area (Å²) < 4.78 is 1.53. The molecule has 40 heavy (non-hydrogen) atoms. The number of Topliss-reactive ketones (excluding diaryl/α,β-unsaturated/α-hetero) is 1. The van der Waals surface area contributed by atoms with Crippen LogP contribution in [-0.4, -0.2) is 68.4 Å². The van der Waals surface area contributed by atoms with Crippen LogP contribution in [0.3, 0.4) is 0 Å². The molecule has 7 rings (SSSR count). The van der Waals surface area contributed by atoms with Crippen molar-refractivity contribution in [1.82, 2.24) is 44.6 Å². The number of carbonyl (C=O) groups is 2. The van der Waals surface area contributed by atoms with E-state index < -0.39 is 0 Å². The lowest BCUT2D eigenvalue weighted by atomic mass is 9.85. The van der Waals surface area contributed by atoms with Gasteiger partial charge in [-0.3, -0.25) is 19.6 Å². The van der Waals surface area contributed by atoms with Crippen LogP contribution in [0.2, 0.25) is 0 Å². The third kappa shape index (κ3) is 3.82. The zero-order valence-electron chi connectivity index (χ0n) is 21.7. The molecule has 1 amide bonds. The Bertz CT molecular complexity index is 1720. The van der Waals surface area contributed by atoms with Gasteiger partial charge in [-0.25, -0.2) is 4.98 Å². The Morgan fingerprint density at radius 2 is 1.82 bits per heavy atom. The van der Waals surface area contributed by atoms with Gasteiger partial charge in [-0.05, 0) is 50.8 Å². The normalized spacial score (nSPS) is 20.2. The second-order valence-corrected chi connectivity index (χ2v) is 10.4. The topological polar surface area (TPSA) is 161 Å². The summed E-state index contributed by atoms with van der Waals surface area (Å²) in [7, 11) is 0. The van der Waals surface area contributed by atoms with Gasteiger partial charge in [0.15, 0.2) is 11.4 Å². The highest BCUT2D eigenvalue weighted by Crippen LogP contribution is 2.45. The number of hydrogen-bond donors (Lipinski definition) is 2. The number of aromatic nitrogens is 8. The molecule has 2 bridgehead atoms. The van der Waals surface area contributed by atoms with Crippen LogP contribution in [0.1, 0.15) is 65.2 Å². The molecular formula is C28H26N10O2. The number of nitrogens with zero attached hydrogens (tertiary/aromatic N) is 8. The molecule has 12 nitrogen and oxygen atoms in total. The Labute approximate surface area is 228 Å². The number of piperidine rings is 1. The van der Waals surface area contributed by atoms with Crippen molar-refractivity contribution >= 4 is 23.2 Å². The fourth-order valence-corrected chi connectivity index (χ4v) is 6.28. The smallest absolute Gasteiger partial charge is 0.292 e. The summed E-state index contributed by atoms with van der Waals surface area (Å²) in [5.74, 6) is 0.181. The third-order valence-corrected chi connectivity index (χ3v) is 8.04. The van der Waals surface area contributed by atoms with Gasteiger partial charge in [0.05, 0.1) is 28.8 Å². The van der Waals surface area contributed by atoms with Crippen molar-refractivity contribution in [3.8, 4) is 22.5 Å². The summed E-state index contributed by atoms with van der Waals surface area (Å²) in [6, 6.07) is 9.61. The number of nitrogen functional groups attached to an aromatic ring is 1. The van der Waals surface area contributed by atoms with Gasteiger partial charge in [0.2, 0.25) is 5.82 Å². The summed E-state index contributed by atoms with van der Waals surface area (Å²) in [6.45, 7) is 1.50. The summed E-state index contributed by atoms with van der Waals surface area (Å²) in [4.78, 5) is 44.8. The molecule has 200 valence electrons. The molecule has 5 aromatic rings. The Balaban J connectivity index is 1.26. The van der Waals surface area contributed by atoms with Crippen molar-refractivity contribution in [2.45, 2.75) is 50.6 Å². The molecule has 0 aliphatic carbocycles. The number of fused-ring (bicyclic) bond motifs is 3. The molecule has 0 radical (unpaired) electrons. The number of pyridine rings is 2. The number of anilines is 1. The predicted molar refractivity (Wildman–Crippen MR) is 145 cm³/mol. The van der Waals surface area contributed by atoms with Gasteiger partial charge in [-0.2, -0.15) is 9.61 Å². The number of carbonyl (C=O) groups excluding carboxylic acids is 2. The lowest BCUT2D eigenvalue weighted by molar-refractivity contribution is 0.0556. The summed E-state index contributed by atoms with van der Waals surface area (Å²) in [6.07, 6.45) is 9.76. The maximum atomic E-state index is 13.1. The molecule has 2 aliphatic heterocycles. The van der Waals surface area contributed by atoms with Crippen LogP contribution >= 0.6 is 0 Å². The first-order chi connectivity index (χ1) is 19.5. The zero-order chi connectivity index (χ0) is 27.4. The standard InChI is InChI=1S/C28H26N10O2/c1-15(39)23-24(17-10-18-6-7-19(11-17)37(18)28(40)26-32-14-33-36-26)35-27-20(13-34-38(27)25(23)29)16-5-8-22(31-12-16)21-4-2-3-9-30-21/h2-5,8-9,12-14,17-19H,6-7,10-11,29H2,1H3,(H,32,33,36)/t17-,18+,19-. The Morgan fingerprint density at radius 1 is 1.02 bits per heavy atom. The fraction of sp³-hybridized carbons (Fsp3) is 0.286. The van der Waals surface area contributed by atoms with E-state index in [9.17, 15) is 9.59 Å². The van der Waals surface area contributed by atoms with Gasteiger partial charge in [-0.1, -0.05) is 12.1 Å². The zero-order valence-corrected chi connectivity index (χ0v) is 21.7. The van der Waals surface area contributed by atoms with Crippen LogP contribution in [-0.2, 0) is 0 Å². The van der Waals surface area contributed by atoms with Gasteiger partial charge < -0.3 is 15.6 Å². The first-order valence-electron chi connectivity index (χ1n) is 13.2. The quantitative estimate of drug-likeness (QED) is 0.322. The summed E-state index contributed by atoms with van der Waals surface area (Å²) in [5.41, 5.74) is 11.3. The number of aromatic amines is 1. The van der Waals surface area contributed by atoms with Gasteiger partial charge in [0, 0.05) is 41.5 Å². The molecule has 5 aromatic heterocycles. The molecule has 2 saturated heterocycles. The Hall–Kier alpha value is -5.00. The second kappa shape index (κ2) is 9.33. The molecule has 0 aromatic carbocycles. The van der Waals surface area contributed by atoms with E-state index in [0.29, 0.717) is 29.7 Å². The minimum absolute atomic E-state index is 0.0214. The van der Waals surface area contributed by atoms with Gasteiger partial charge in [0.25, 0.3) is 5.91 Å². The maximum absolute atomic E-state index is 13.1. The Kier molecular flexibility index (Phi) is 5.61. The molecule has 3 atom stereocenters. The van der Waals surface area contributed by atoms with E-state index in [2.05, 4.69) is 30.2 Å². The van der Waals surface area contributed by atoms with Gasteiger partial charge in [0.1, 0.15) is 12.1 Å². The van der Waals surface area contributed by atoms with Crippen molar-refractivity contribution in [2.75, 3.05) is 5.73 Å². The number of rotatable bonds is 5. The SMILES string of the molecule is CC(=O)c1c([C@H]2C[C@H]3CC[C@@H](C2)N3C(=O)c2nnc[nH]2)nc2c(-c3ccc(-c4ccccn4)nc3)cnn2c1N. The van der Waals surface area contributed by atoms with Crippen LogP contribution in [0.5, 0.6) is 0 Å².